The fourth-order valence-electron chi connectivity index (χ4n) is 4.36. The van der Waals surface area contributed by atoms with E-state index in [2.05, 4.69) is 19.1 Å². The van der Waals surface area contributed by atoms with E-state index >= 15 is 0 Å². The van der Waals surface area contributed by atoms with Crippen LogP contribution in [-0.4, -0.2) is 10.2 Å². The van der Waals surface area contributed by atoms with Crippen molar-refractivity contribution in [2.75, 3.05) is 0 Å². The van der Waals surface area contributed by atoms with E-state index in [-0.39, 0.29) is 5.92 Å². The van der Waals surface area contributed by atoms with Gasteiger partial charge in [-0.15, -0.1) is 0 Å². The van der Waals surface area contributed by atoms with Crippen LogP contribution >= 0.6 is 0 Å². The quantitative estimate of drug-likeness (QED) is 0.281. The summed E-state index contributed by atoms with van der Waals surface area (Å²) in [6.07, 6.45) is 4.50. The minimum absolute atomic E-state index is 0.188. The van der Waals surface area contributed by atoms with E-state index < -0.39 is 0 Å². The molecular formula is C30H30O2. The molecule has 2 N–H and O–H groups in total. The van der Waals surface area contributed by atoms with Crippen LogP contribution in [0.2, 0.25) is 0 Å². The van der Waals surface area contributed by atoms with Crippen molar-refractivity contribution in [3.8, 4) is 33.8 Å². The minimum atomic E-state index is 0.188. The minimum Gasteiger partial charge on any atom is -0.507 e. The van der Waals surface area contributed by atoms with Gasteiger partial charge in [-0.3, -0.25) is 0 Å². The van der Waals surface area contributed by atoms with Gasteiger partial charge in [0.05, 0.1) is 0 Å². The van der Waals surface area contributed by atoms with Gasteiger partial charge in [-0.25, -0.2) is 0 Å². The van der Waals surface area contributed by atoms with Gasteiger partial charge in [-0.1, -0.05) is 99.0 Å². The van der Waals surface area contributed by atoms with Gasteiger partial charge in [0.1, 0.15) is 11.5 Å². The molecule has 0 heterocycles. The van der Waals surface area contributed by atoms with Crippen molar-refractivity contribution in [1.82, 2.24) is 0 Å². The maximum atomic E-state index is 10.6. The van der Waals surface area contributed by atoms with E-state index in [1.165, 1.54) is 24.0 Å². The highest BCUT2D eigenvalue weighted by atomic mass is 16.3. The number of benzene rings is 4. The van der Waals surface area contributed by atoms with Gasteiger partial charge in [-0.05, 0) is 52.9 Å². The molecule has 4 aromatic rings. The van der Waals surface area contributed by atoms with Crippen LogP contribution in [0.15, 0.2) is 97.1 Å². The Morgan fingerprint density at radius 1 is 0.594 bits per heavy atom. The predicted octanol–water partition coefficient (Wildman–Crippen LogP) is 8.14. The first-order valence-electron chi connectivity index (χ1n) is 11.4. The molecule has 0 aromatic heterocycles. The van der Waals surface area contributed by atoms with Gasteiger partial charge < -0.3 is 10.2 Å². The van der Waals surface area contributed by atoms with E-state index in [1.807, 2.05) is 84.9 Å². The molecular weight excluding hydrogens is 392 g/mol. The molecule has 0 unspecified atom stereocenters. The van der Waals surface area contributed by atoms with Crippen molar-refractivity contribution in [1.29, 1.82) is 0 Å². The predicted molar refractivity (Wildman–Crippen MR) is 133 cm³/mol. The van der Waals surface area contributed by atoms with E-state index in [9.17, 15) is 10.2 Å². The molecule has 0 amide bonds. The van der Waals surface area contributed by atoms with Crippen molar-refractivity contribution >= 4 is 0 Å². The average Bonchev–Trinajstić information content (AvgIpc) is 2.84. The Hall–Kier alpha value is -3.52. The van der Waals surface area contributed by atoms with Crippen molar-refractivity contribution in [2.45, 2.75) is 38.5 Å². The summed E-state index contributed by atoms with van der Waals surface area (Å²) in [6, 6.07) is 32.0. The maximum absolute atomic E-state index is 10.6. The van der Waals surface area contributed by atoms with Gasteiger partial charge >= 0.3 is 0 Å². The Balaban J connectivity index is 1.77. The summed E-state index contributed by atoms with van der Waals surface area (Å²) in [7, 11) is 0. The lowest BCUT2D eigenvalue weighted by molar-refractivity contribution is 0.477. The number of aromatic hydroxyl groups is 2. The first-order valence-corrected chi connectivity index (χ1v) is 11.4. The molecule has 0 bridgehead atoms. The van der Waals surface area contributed by atoms with Crippen molar-refractivity contribution in [3.63, 3.8) is 0 Å². The molecule has 0 spiro atoms. The Kier molecular flexibility index (Phi) is 6.91. The summed E-state index contributed by atoms with van der Waals surface area (Å²) in [5.41, 5.74) is 6.09. The first kappa shape index (κ1) is 21.7. The van der Waals surface area contributed by atoms with Crippen LogP contribution in [0.3, 0.4) is 0 Å². The summed E-state index contributed by atoms with van der Waals surface area (Å²) in [6.45, 7) is 2.22. The lowest BCUT2D eigenvalue weighted by atomic mass is 9.84. The maximum Gasteiger partial charge on any atom is 0.123 e. The molecule has 32 heavy (non-hydrogen) atoms. The van der Waals surface area contributed by atoms with Crippen LogP contribution in [0.1, 0.15) is 49.7 Å². The largest absolute Gasteiger partial charge is 0.507 e. The van der Waals surface area contributed by atoms with Crippen molar-refractivity contribution in [3.05, 3.63) is 108 Å². The van der Waals surface area contributed by atoms with Gasteiger partial charge in [-0.2, -0.15) is 0 Å². The van der Waals surface area contributed by atoms with Crippen LogP contribution in [0, 0.1) is 0 Å². The SMILES string of the molecule is CCCCCC(c1ccc(O)c(-c2ccccc2)c1)c1ccc(O)c(-c2ccccc2)c1. The Bertz CT molecular complexity index is 1060. The molecule has 0 aliphatic rings. The number of hydrogen-bond acceptors (Lipinski definition) is 2. The highest BCUT2D eigenvalue weighted by Crippen LogP contribution is 2.39. The number of hydrogen-bond donors (Lipinski definition) is 2. The van der Waals surface area contributed by atoms with Crippen molar-refractivity contribution in [2.24, 2.45) is 0 Å². The molecule has 0 fully saturated rings. The van der Waals surface area contributed by atoms with Crippen LogP contribution in [0.25, 0.3) is 22.3 Å². The normalized spacial score (nSPS) is 11.1. The smallest absolute Gasteiger partial charge is 0.123 e. The van der Waals surface area contributed by atoms with Crippen LogP contribution in [-0.2, 0) is 0 Å². The molecule has 0 atom stereocenters. The molecule has 162 valence electrons. The third-order valence-electron chi connectivity index (χ3n) is 6.11. The standard InChI is InChI=1S/C30H30O2/c1-2-3-6-15-26(24-16-18-29(31)27(20-24)22-11-7-4-8-12-22)25-17-19-30(32)28(21-25)23-13-9-5-10-14-23/h4-5,7-14,16-21,26,31-32H,2-3,6,15H2,1H3. The molecule has 0 aliphatic carbocycles. The fraction of sp³-hybridized carbons (Fsp3) is 0.200. The first-order chi connectivity index (χ1) is 15.7. The second-order valence-electron chi connectivity index (χ2n) is 8.33. The van der Waals surface area contributed by atoms with E-state index in [4.69, 9.17) is 0 Å². The third kappa shape index (κ3) is 4.86. The van der Waals surface area contributed by atoms with Gasteiger partial charge in [0, 0.05) is 17.0 Å². The van der Waals surface area contributed by atoms with E-state index in [1.54, 1.807) is 0 Å². The summed E-state index contributed by atoms with van der Waals surface area (Å²) in [5.74, 6) is 0.776. The zero-order valence-electron chi connectivity index (χ0n) is 18.5. The summed E-state index contributed by atoms with van der Waals surface area (Å²) in [5, 5.41) is 21.1. The third-order valence-corrected chi connectivity index (χ3v) is 6.11. The van der Waals surface area contributed by atoms with Crippen LogP contribution in [0.4, 0.5) is 0 Å². The van der Waals surface area contributed by atoms with Gasteiger partial charge in [0.25, 0.3) is 0 Å². The summed E-state index contributed by atoms with van der Waals surface area (Å²) >= 11 is 0. The zero-order chi connectivity index (χ0) is 22.3. The molecule has 0 saturated carbocycles. The molecule has 4 rings (SSSR count). The number of rotatable bonds is 8. The average molecular weight is 423 g/mol. The lowest BCUT2D eigenvalue weighted by Crippen LogP contribution is -2.02. The molecule has 0 aliphatic heterocycles. The number of phenols is 2. The molecule has 2 heteroatoms. The van der Waals surface area contributed by atoms with Crippen LogP contribution in [0.5, 0.6) is 11.5 Å². The van der Waals surface area contributed by atoms with Gasteiger partial charge in [0.15, 0.2) is 0 Å². The van der Waals surface area contributed by atoms with Gasteiger partial charge in [0.2, 0.25) is 0 Å². The Labute approximate surface area is 190 Å². The number of phenolic OH excluding ortho intramolecular Hbond substituents is 2. The highest BCUT2D eigenvalue weighted by molar-refractivity contribution is 5.73. The topological polar surface area (TPSA) is 40.5 Å². The number of unbranched alkanes of at least 4 members (excludes halogenated alkanes) is 2. The van der Waals surface area contributed by atoms with Crippen LogP contribution < -0.4 is 0 Å². The monoisotopic (exact) mass is 422 g/mol. The fourth-order valence-corrected chi connectivity index (χ4v) is 4.36. The van der Waals surface area contributed by atoms with E-state index in [0.29, 0.717) is 11.5 Å². The zero-order valence-corrected chi connectivity index (χ0v) is 18.5. The second kappa shape index (κ2) is 10.2. The van der Waals surface area contributed by atoms with E-state index in [0.717, 1.165) is 35.1 Å². The lowest BCUT2D eigenvalue weighted by Gasteiger charge is -2.21. The second-order valence-corrected chi connectivity index (χ2v) is 8.33. The highest BCUT2D eigenvalue weighted by Gasteiger charge is 2.18. The Morgan fingerprint density at radius 2 is 1.06 bits per heavy atom. The molecule has 0 saturated heterocycles. The Morgan fingerprint density at radius 3 is 1.50 bits per heavy atom. The summed E-state index contributed by atoms with van der Waals surface area (Å²) < 4.78 is 0. The molecule has 2 nitrogen and oxygen atoms in total. The van der Waals surface area contributed by atoms with Crippen molar-refractivity contribution < 1.29 is 10.2 Å². The molecule has 4 aromatic carbocycles. The summed E-state index contributed by atoms with van der Waals surface area (Å²) in [4.78, 5) is 0. The molecule has 0 radical (unpaired) electrons.